The number of unbranched alkanes of at least 4 members (excludes halogenated alkanes) is 2. The van der Waals surface area contributed by atoms with Crippen molar-refractivity contribution in [2.24, 2.45) is 17.8 Å². The second-order valence-corrected chi connectivity index (χ2v) is 10.1. The summed E-state index contributed by atoms with van der Waals surface area (Å²) in [4.78, 5) is 2.08. The highest BCUT2D eigenvalue weighted by Gasteiger charge is 2.35. The zero-order valence-corrected chi connectivity index (χ0v) is 18.6. The van der Waals surface area contributed by atoms with E-state index in [1.165, 1.54) is 38.5 Å². The molecule has 3 fully saturated rings. The van der Waals surface area contributed by atoms with Crippen molar-refractivity contribution in [2.75, 3.05) is 32.9 Å². The van der Waals surface area contributed by atoms with Gasteiger partial charge in [0, 0.05) is 25.1 Å². The molecule has 176 valence electrons. The molecule has 0 bridgehead atoms. The number of likely N-dealkylation sites (tertiary alicyclic amines) is 1. The zero-order valence-electron chi connectivity index (χ0n) is 18.6. The fourth-order valence-electron chi connectivity index (χ4n) is 5.92. The van der Waals surface area contributed by atoms with Crippen molar-refractivity contribution >= 4 is 0 Å². The van der Waals surface area contributed by atoms with Crippen molar-refractivity contribution in [3.05, 3.63) is 0 Å². The van der Waals surface area contributed by atoms with Gasteiger partial charge in [0.1, 0.15) is 6.17 Å². The number of halogens is 1. The Hall–Kier alpha value is -0.270. The van der Waals surface area contributed by atoms with Gasteiger partial charge in [-0.25, -0.2) is 4.39 Å². The molecule has 0 amide bonds. The lowest BCUT2D eigenvalue weighted by atomic mass is 9.70. The van der Waals surface area contributed by atoms with Gasteiger partial charge in [0.15, 0.2) is 0 Å². The normalized spacial score (nSPS) is 36.8. The maximum absolute atomic E-state index is 14.7. The van der Waals surface area contributed by atoms with Crippen LogP contribution in [0.25, 0.3) is 0 Å². The molecule has 6 atom stereocenters. The summed E-state index contributed by atoms with van der Waals surface area (Å²) in [7, 11) is 0. The predicted molar refractivity (Wildman–Crippen MR) is 116 cm³/mol. The average molecular weight is 430 g/mol. The third-order valence-corrected chi connectivity index (χ3v) is 7.94. The molecular formula is C24H44FNO4. The van der Waals surface area contributed by atoms with Crippen LogP contribution in [0.5, 0.6) is 0 Å². The molecule has 1 aliphatic heterocycles. The molecule has 1 heterocycles. The maximum Gasteiger partial charge on any atom is 0.105 e. The van der Waals surface area contributed by atoms with Crippen molar-refractivity contribution in [3.63, 3.8) is 0 Å². The van der Waals surface area contributed by atoms with E-state index in [2.05, 4.69) is 4.90 Å². The molecule has 5 nitrogen and oxygen atoms in total. The Balaban J connectivity index is 1.23. The van der Waals surface area contributed by atoms with E-state index in [0.717, 1.165) is 44.6 Å². The molecular weight excluding hydrogens is 385 g/mol. The van der Waals surface area contributed by atoms with E-state index < -0.39 is 18.4 Å². The van der Waals surface area contributed by atoms with E-state index >= 15 is 0 Å². The van der Waals surface area contributed by atoms with Gasteiger partial charge in [0.25, 0.3) is 0 Å². The van der Waals surface area contributed by atoms with Crippen LogP contribution >= 0.6 is 0 Å². The third-order valence-electron chi connectivity index (χ3n) is 7.94. The molecule has 3 rings (SSSR count). The lowest BCUT2D eigenvalue weighted by Crippen LogP contribution is -2.53. The van der Waals surface area contributed by atoms with E-state index in [-0.39, 0.29) is 18.6 Å². The first kappa shape index (κ1) is 24.4. The Bertz CT molecular complexity index is 476. The first-order chi connectivity index (χ1) is 14.6. The highest BCUT2D eigenvalue weighted by Crippen LogP contribution is 2.41. The second kappa shape index (κ2) is 12.7. The van der Waals surface area contributed by atoms with Gasteiger partial charge in [0.05, 0.1) is 25.4 Å². The highest BCUT2D eigenvalue weighted by atomic mass is 19.1. The Morgan fingerprint density at radius 2 is 1.67 bits per heavy atom. The third kappa shape index (κ3) is 7.13. The Labute approximate surface area is 182 Å². The van der Waals surface area contributed by atoms with Crippen molar-refractivity contribution < 1.29 is 24.4 Å². The Morgan fingerprint density at radius 1 is 0.867 bits per heavy atom. The van der Waals surface area contributed by atoms with Crippen LogP contribution in [-0.2, 0) is 4.74 Å². The molecule has 0 aromatic carbocycles. The molecule has 1 saturated heterocycles. The molecule has 2 aliphatic carbocycles. The van der Waals surface area contributed by atoms with Crippen molar-refractivity contribution in [3.8, 4) is 0 Å². The second-order valence-electron chi connectivity index (χ2n) is 10.1. The molecule has 0 aromatic heterocycles. The van der Waals surface area contributed by atoms with Crippen LogP contribution in [0.1, 0.15) is 77.0 Å². The highest BCUT2D eigenvalue weighted by molar-refractivity contribution is 4.87. The summed E-state index contributed by atoms with van der Waals surface area (Å²) in [6, 6.07) is -0.0649. The molecule has 6 heteroatoms. The minimum absolute atomic E-state index is 0.0142. The molecule has 3 aliphatic rings. The first-order valence-electron chi connectivity index (χ1n) is 12.5. The van der Waals surface area contributed by atoms with Gasteiger partial charge >= 0.3 is 0 Å². The van der Waals surface area contributed by atoms with E-state index in [0.29, 0.717) is 32.1 Å². The predicted octanol–water partition coefficient (Wildman–Crippen LogP) is 3.30. The standard InChI is InChI=1S/C24H44FNO4/c25-22-13-19(18-7-3-1-4-8-18)9-10-20(22)17-30-12-6-2-5-11-26-15-24(29)23(28)14-21(26)16-27/h18-24,27-29H,1-17H2/t19?,20?,21-,22?,23?,24+/m1/s1. The number of rotatable bonds is 10. The van der Waals surface area contributed by atoms with E-state index in [1.807, 2.05) is 0 Å². The van der Waals surface area contributed by atoms with Crippen LogP contribution in [0.2, 0.25) is 0 Å². The van der Waals surface area contributed by atoms with Crippen LogP contribution in [-0.4, -0.2) is 77.6 Å². The van der Waals surface area contributed by atoms with Gasteiger partial charge in [-0.05, 0) is 63.3 Å². The van der Waals surface area contributed by atoms with Crippen LogP contribution in [0.3, 0.4) is 0 Å². The minimum atomic E-state index is -0.733. The molecule has 0 aromatic rings. The van der Waals surface area contributed by atoms with Gasteiger partial charge in [-0.1, -0.05) is 32.1 Å². The number of aliphatic hydroxyl groups excluding tert-OH is 3. The smallest absolute Gasteiger partial charge is 0.105 e. The molecule has 3 N–H and O–H groups in total. The number of hydrogen-bond donors (Lipinski definition) is 3. The van der Waals surface area contributed by atoms with E-state index in [4.69, 9.17) is 4.74 Å². The maximum atomic E-state index is 14.7. The number of hydrogen-bond acceptors (Lipinski definition) is 5. The summed E-state index contributed by atoms with van der Waals surface area (Å²) in [5.74, 6) is 1.46. The monoisotopic (exact) mass is 429 g/mol. The lowest BCUT2D eigenvalue weighted by Gasteiger charge is -2.39. The van der Waals surface area contributed by atoms with Crippen molar-refractivity contribution in [2.45, 2.75) is 101 Å². The molecule has 0 spiro atoms. The van der Waals surface area contributed by atoms with Gasteiger partial charge in [0.2, 0.25) is 0 Å². The summed E-state index contributed by atoms with van der Waals surface area (Å²) in [5.41, 5.74) is 0. The number of nitrogens with zero attached hydrogens (tertiary/aromatic N) is 1. The van der Waals surface area contributed by atoms with Crippen molar-refractivity contribution in [1.29, 1.82) is 0 Å². The fraction of sp³-hybridized carbons (Fsp3) is 1.00. The van der Waals surface area contributed by atoms with Crippen LogP contribution < -0.4 is 0 Å². The van der Waals surface area contributed by atoms with E-state index in [1.54, 1.807) is 0 Å². The molecule has 2 saturated carbocycles. The molecule has 4 unspecified atom stereocenters. The van der Waals surface area contributed by atoms with E-state index in [9.17, 15) is 19.7 Å². The summed E-state index contributed by atoms with van der Waals surface area (Å²) >= 11 is 0. The van der Waals surface area contributed by atoms with Gasteiger partial charge in [-0.2, -0.15) is 0 Å². The number of alkyl halides is 1. The zero-order chi connectivity index (χ0) is 21.3. The minimum Gasteiger partial charge on any atom is -0.395 e. The fourth-order valence-corrected chi connectivity index (χ4v) is 5.92. The Morgan fingerprint density at radius 3 is 2.40 bits per heavy atom. The number of piperidine rings is 1. The van der Waals surface area contributed by atoms with Gasteiger partial charge in [-0.15, -0.1) is 0 Å². The van der Waals surface area contributed by atoms with Crippen LogP contribution in [0.4, 0.5) is 4.39 Å². The van der Waals surface area contributed by atoms with Gasteiger partial charge in [-0.3, -0.25) is 4.90 Å². The largest absolute Gasteiger partial charge is 0.395 e. The summed E-state index contributed by atoms with van der Waals surface area (Å²) < 4.78 is 20.5. The average Bonchev–Trinajstić information content (AvgIpc) is 2.76. The SMILES string of the molecule is OC[C@H]1CC(O)[C@@H](O)CN1CCCCCOCC1CCC(C2CCCCC2)CC1F. The van der Waals surface area contributed by atoms with Crippen LogP contribution in [0.15, 0.2) is 0 Å². The summed E-state index contributed by atoms with van der Waals surface area (Å²) in [6.45, 7) is 2.48. The lowest BCUT2D eigenvalue weighted by molar-refractivity contribution is -0.0711. The Kier molecular flexibility index (Phi) is 10.3. The number of β-amino-alcohol motifs (C(OH)–C–C–N with tert-alkyl or cyclic N) is 1. The molecule has 0 radical (unpaired) electrons. The molecule has 30 heavy (non-hydrogen) atoms. The number of aliphatic hydroxyl groups is 3. The van der Waals surface area contributed by atoms with Gasteiger partial charge < -0.3 is 20.1 Å². The summed E-state index contributed by atoms with van der Waals surface area (Å²) in [5, 5.41) is 29.1. The quantitative estimate of drug-likeness (QED) is 0.465. The topological polar surface area (TPSA) is 73.2 Å². The van der Waals surface area contributed by atoms with Crippen LogP contribution in [0, 0.1) is 17.8 Å². The number of ether oxygens (including phenoxy) is 1. The summed E-state index contributed by atoms with van der Waals surface area (Å²) in [6.07, 6.45) is 10.8. The first-order valence-corrected chi connectivity index (χ1v) is 12.5. The van der Waals surface area contributed by atoms with Crippen molar-refractivity contribution in [1.82, 2.24) is 4.90 Å².